The molecule has 6 heteroatoms. The van der Waals surface area contributed by atoms with Gasteiger partial charge in [0.15, 0.2) is 0 Å². The quantitative estimate of drug-likeness (QED) is 0.763. The van der Waals surface area contributed by atoms with Crippen LogP contribution in [0.4, 0.5) is 0 Å². The Hall–Kier alpha value is -1.79. The average Bonchev–Trinajstić information content (AvgIpc) is 3.15. The molecule has 3 aliphatic rings. The molecule has 2 aromatic rings. The van der Waals surface area contributed by atoms with Gasteiger partial charge in [-0.2, -0.15) is 0 Å². The molecule has 5 rings (SSSR count). The van der Waals surface area contributed by atoms with E-state index >= 15 is 0 Å². The second-order valence-corrected chi connectivity index (χ2v) is 10.3. The molecule has 2 atom stereocenters. The fourth-order valence-electron chi connectivity index (χ4n) is 4.69. The van der Waals surface area contributed by atoms with E-state index in [1.807, 2.05) is 40.2 Å². The number of thiophene rings is 1. The third-order valence-electron chi connectivity index (χ3n) is 6.35. The molecule has 1 spiro atoms. The first-order valence-corrected chi connectivity index (χ1v) is 11.9. The van der Waals surface area contributed by atoms with Crippen LogP contribution in [0.15, 0.2) is 47.8 Å². The molecular weight excluding hydrogens is 388 g/mol. The molecule has 0 radical (unpaired) electrons. The van der Waals surface area contributed by atoms with E-state index < -0.39 is 0 Å². The van der Waals surface area contributed by atoms with Crippen LogP contribution < -0.4 is 0 Å². The second-order valence-electron chi connectivity index (χ2n) is 7.91. The van der Waals surface area contributed by atoms with Gasteiger partial charge in [-0.15, -0.1) is 23.1 Å². The number of amides is 2. The maximum Gasteiger partial charge on any atom is 0.265 e. The fraction of sp³-hybridized carbons (Fsp3) is 0.455. The van der Waals surface area contributed by atoms with Gasteiger partial charge in [0.2, 0.25) is 5.91 Å². The number of piperidine rings is 1. The van der Waals surface area contributed by atoms with Crippen molar-refractivity contribution in [1.82, 2.24) is 9.80 Å². The van der Waals surface area contributed by atoms with Crippen molar-refractivity contribution in [2.75, 3.05) is 25.4 Å². The molecule has 0 N–H and O–H groups in total. The molecule has 1 aliphatic carbocycles. The van der Waals surface area contributed by atoms with Crippen molar-refractivity contribution in [3.8, 4) is 0 Å². The van der Waals surface area contributed by atoms with E-state index in [0.717, 1.165) is 49.5 Å². The minimum absolute atomic E-state index is 0.125. The topological polar surface area (TPSA) is 40.6 Å². The Labute approximate surface area is 173 Å². The fourth-order valence-corrected chi connectivity index (χ4v) is 6.82. The van der Waals surface area contributed by atoms with E-state index in [2.05, 4.69) is 29.2 Å². The first-order chi connectivity index (χ1) is 13.7. The summed E-state index contributed by atoms with van der Waals surface area (Å²) in [6.45, 7) is 2.34. The summed E-state index contributed by atoms with van der Waals surface area (Å²) in [5.41, 5.74) is 1.29. The summed E-state index contributed by atoms with van der Waals surface area (Å²) < 4.78 is 0. The molecule has 2 aliphatic heterocycles. The number of likely N-dealkylation sites (tertiary alicyclic amines) is 1. The number of thioether (sulfide) groups is 1. The summed E-state index contributed by atoms with van der Waals surface area (Å²) in [6.07, 6.45) is 2.73. The maximum atomic E-state index is 13.0. The Morgan fingerprint density at radius 2 is 1.79 bits per heavy atom. The zero-order chi connectivity index (χ0) is 19.1. The number of carbonyl (C=O) groups excluding carboxylic acids is 2. The van der Waals surface area contributed by atoms with Crippen LogP contribution in [-0.2, 0) is 4.79 Å². The van der Waals surface area contributed by atoms with Crippen LogP contribution in [0.2, 0.25) is 0 Å². The van der Waals surface area contributed by atoms with Crippen molar-refractivity contribution in [3.63, 3.8) is 0 Å². The molecule has 0 bridgehead atoms. The molecule has 28 heavy (non-hydrogen) atoms. The Balaban J connectivity index is 1.23. The van der Waals surface area contributed by atoms with Gasteiger partial charge in [-0.3, -0.25) is 9.59 Å². The predicted molar refractivity (Wildman–Crippen MR) is 114 cm³/mol. The molecule has 2 saturated heterocycles. The van der Waals surface area contributed by atoms with Gasteiger partial charge in [-0.25, -0.2) is 0 Å². The molecule has 1 aromatic carbocycles. The van der Waals surface area contributed by atoms with Crippen molar-refractivity contribution in [2.45, 2.75) is 30.1 Å². The van der Waals surface area contributed by atoms with Gasteiger partial charge in [0.05, 0.1) is 9.75 Å². The molecule has 2 amide bonds. The molecule has 146 valence electrons. The highest BCUT2D eigenvalue weighted by molar-refractivity contribution is 8.00. The van der Waals surface area contributed by atoms with Crippen molar-refractivity contribution < 1.29 is 9.59 Å². The number of benzene rings is 1. The highest BCUT2D eigenvalue weighted by Crippen LogP contribution is 2.50. The smallest absolute Gasteiger partial charge is 0.265 e. The molecule has 0 unspecified atom stereocenters. The Morgan fingerprint density at radius 1 is 1.00 bits per heavy atom. The number of hydrogen-bond acceptors (Lipinski definition) is 4. The highest BCUT2D eigenvalue weighted by Gasteiger charge is 2.50. The monoisotopic (exact) mass is 412 g/mol. The Kier molecular flexibility index (Phi) is 4.71. The van der Waals surface area contributed by atoms with Gasteiger partial charge in [0.1, 0.15) is 0 Å². The van der Waals surface area contributed by atoms with Crippen molar-refractivity contribution in [2.24, 2.45) is 5.92 Å². The number of hydrogen-bond donors (Lipinski definition) is 0. The van der Waals surface area contributed by atoms with Gasteiger partial charge in [-0.1, -0.05) is 36.4 Å². The average molecular weight is 413 g/mol. The van der Waals surface area contributed by atoms with E-state index in [-0.39, 0.29) is 16.7 Å². The maximum absolute atomic E-state index is 13.0. The zero-order valence-electron chi connectivity index (χ0n) is 15.8. The predicted octanol–water partition coefficient (Wildman–Crippen LogP) is 4.06. The molecule has 3 fully saturated rings. The SMILES string of the molecule is O=C([C@@H]1C[C@H]1c1ccccc1)N1CCC2(CC1)SCCN2C(=O)c1cccs1. The lowest BCUT2D eigenvalue weighted by molar-refractivity contribution is -0.134. The molecule has 3 heterocycles. The normalized spacial score (nSPS) is 25.9. The summed E-state index contributed by atoms with van der Waals surface area (Å²) in [5, 5.41) is 1.96. The molecule has 1 aromatic heterocycles. The molecule has 4 nitrogen and oxygen atoms in total. The zero-order valence-corrected chi connectivity index (χ0v) is 17.4. The van der Waals surface area contributed by atoms with E-state index in [4.69, 9.17) is 0 Å². The summed E-state index contributed by atoms with van der Waals surface area (Å²) in [6, 6.07) is 14.2. The lowest BCUT2D eigenvalue weighted by atomic mass is 10.0. The van der Waals surface area contributed by atoms with Crippen LogP contribution in [0.1, 0.15) is 40.4 Å². The van der Waals surface area contributed by atoms with Gasteiger partial charge in [0.25, 0.3) is 5.91 Å². The number of nitrogens with zero attached hydrogens (tertiary/aromatic N) is 2. The van der Waals surface area contributed by atoms with Crippen LogP contribution in [0, 0.1) is 5.92 Å². The van der Waals surface area contributed by atoms with Gasteiger partial charge >= 0.3 is 0 Å². The van der Waals surface area contributed by atoms with Gasteiger partial charge < -0.3 is 9.80 Å². The Morgan fingerprint density at radius 3 is 2.50 bits per heavy atom. The largest absolute Gasteiger partial charge is 0.342 e. The lowest BCUT2D eigenvalue weighted by Gasteiger charge is -2.44. The third kappa shape index (κ3) is 3.16. The van der Waals surface area contributed by atoms with Crippen molar-refractivity contribution in [3.05, 3.63) is 58.3 Å². The van der Waals surface area contributed by atoms with Gasteiger partial charge in [-0.05, 0) is 42.2 Å². The minimum atomic E-state index is -0.125. The second kappa shape index (κ2) is 7.23. The molecular formula is C22H24N2O2S2. The van der Waals surface area contributed by atoms with Crippen LogP contribution in [-0.4, -0.2) is 51.9 Å². The highest BCUT2D eigenvalue weighted by atomic mass is 32.2. The van der Waals surface area contributed by atoms with Crippen molar-refractivity contribution in [1.29, 1.82) is 0 Å². The van der Waals surface area contributed by atoms with Gasteiger partial charge in [0, 0.05) is 31.3 Å². The van der Waals surface area contributed by atoms with Crippen LogP contribution in [0.3, 0.4) is 0 Å². The first kappa shape index (κ1) is 18.3. The van der Waals surface area contributed by atoms with Crippen LogP contribution in [0.5, 0.6) is 0 Å². The summed E-state index contributed by atoms with van der Waals surface area (Å²) in [4.78, 5) is 30.8. The standard InChI is InChI=1S/C22H24N2O2S2/c25-20(18-15-17(18)16-5-2-1-3-6-16)23-10-8-22(9-11-23)24(12-14-28-22)21(26)19-7-4-13-27-19/h1-7,13,17-18H,8-12,14-15H2/t17-,18+/m0/s1. The number of carbonyl (C=O) groups is 2. The van der Waals surface area contributed by atoms with E-state index in [0.29, 0.717) is 11.8 Å². The minimum Gasteiger partial charge on any atom is -0.342 e. The van der Waals surface area contributed by atoms with Crippen LogP contribution >= 0.6 is 23.1 Å². The van der Waals surface area contributed by atoms with E-state index in [9.17, 15) is 9.59 Å². The van der Waals surface area contributed by atoms with Crippen LogP contribution in [0.25, 0.3) is 0 Å². The van der Waals surface area contributed by atoms with E-state index in [1.165, 1.54) is 16.9 Å². The first-order valence-electron chi connectivity index (χ1n) is 10.0. The lowest BCUT2D eigenvalue weighted by Crippen LogP contribution is -2.53. The number of rotatable bonds is 3. The summed E-state index contributed by atoms with van der Waals surface area (Å²) in [5.74, 6) is 2.00. The third-order valence-corrected chi connectivity index (χ3v) is 8.76. The summed E-state index contributed by atoms with van der Waals surface area (Å²) in [7, 11) is 0. The summed E-state index contributed by atoms with van der Waals surface area (Å²) >= 11 is 3.42. The van der Waals surface area contributed by atoms with Crippen molar-refractivity contribution >= 4 is 34.9 Å². The molecule has 1 saturated carbocycles. The van der Waals surface area contributed by atoms with E-state index in [1.54, 1.807) is 0 Å². The Bertz CT molecular complexity index is 860.